The van der Waals surface area contributed by atoms with E-state index in [0.29, 0.717) is 5.89 Å². The average Bonchev–Trinajstić information content (AvgIpc) is 2.71. The highest BCUT2D eigenvalue weighted by molar-refractivity contribution is 7.08. The van der Waals surface area contributed by atoms with Crippen LogP contribution in [0.3, 0.4) is 0 Å². The standard InChI is InChI=1S/C8H5N3OS/c9-3-6-7(10)12-8(11-6)5-1-2-13-4-5/h1-2,4H,10H2. The normalized spacial score (nSPS) is 9.77. The molecule has 2 aromatic rings. The first-order chi connectivity index (χ1) is 6.31. The van der Waals surface area contributed by atoms with Crippen molar-refractivity contribution in [1.29, 1.82) is 5.26 Å². The van der Waals surface area contributed by atoms with Crippen molar-refractivity contribution in [3.63, 3.8) is 0 Å². The van der Waals surface area contributed by atoms with Gasteiger partial charge < -0.3 is 10.2 Å². The molecule has 5 heteroatoms. The van der Waals surface area contributed by atoms with Crippen LogP contribution in [0, 0.1) is 11.3 Å². The summed E-state index contributed by atoms with van der Waals surface area (Å²) in [5, 5.41) is 12.4. The first-order valence-electron chi connectivity index (χ1n) is 3.50. The van der Waals surface area contributed by atoms with Gasteiger partial charge in [0.2, 0.25) is 17.5 Å². The minimum atomic E-state index is 0.0729. The zero-order valence-electron chi connectivity index (χ0n) is 6.52. The first kappa shape index (κ1) is 7.83. The van der Waals surface area contributed by atoms with Gasteiger partial charge in [-0.25, -0.2) is 0 Å². The number of nitriles is 1. The summed E-state index contributed by atoms with van der Waals surface area (Å²) >= 11 is 1.53. The van der Waals surface area contributed by atoms with Crippen LogP contribution in [0.1, 0.15) is 5.69 Å². The van der Waals surface area contributed by atoms with Gasteiger partial charge in [0.05, 0.1) is 0 Å². The van der Waals surface area contributed by atoms with Gasteiger partial charge in [0, 0.05) is 10.9 Å². The van der Waals surface area contributed by atoms with E-state index in [1.54, 1.807) is 0 Å². The molecule has 0 aliphatic heterocycles. The predicted octanol–water partition coefficient (Wildman–Crippen LogP) is 1.86. The molecule has 0 spiro atoms. The van der Waals surface area contributed by atoms with Gasteiger partial charge >= 0.3 is 0 Å². The van der Waals surface area contributed by atoms with Crippen LogP contribution in [0.4, 0.5) is 5.88 Å². The Kier molecular flexibility index (Phi) is 1.76. The van der Waals surface area contributed by atoms with E-state index >= 15 is 0 Å². The molecule has 0 unspecified atom stereocenters. The quantitative estimate of drug-likeness (QED) is 0.746. The first-order valence-corrected chi connectivity index (χ1v) is 4.44. The lowest BCUT2D eigenvalue weighted by atomic mass is 10.3. The van der Waals surface area contributed by atoms with Gasteiger partial charge in [0.1, 0.15) is 6.07 Å². The molecule has 0 aromatic carbocycles. The molecule has 4 nitrogen and oxygen atoms in total. The van der Waals surface area contributed by atoms with Crippen LogP contribution in [-0.2, 0) is 0 Å². The summed E-state index contributed by atoms with van der Waals surface area (Å²) in [5.74, 6) is 0.471. The minimum Gasteiger partial charge on any atom is -0.419 e. The van der Waals surface area contributed by atoms with E-state index < -0.39 is 0 Å². The van der Waals surface area contributed by atoms with Gasteiger partial charge in [-0.3, -0.25) is 0 Å². The highest BCUT2D eigenvalue weighted by atomic mass is 32.1. The third kappa shape index (κ3) is 1.27. The van der Waals surface area contributed by atoms with Crippen LogP contribution in [0.15, 0.2) is 21.2 Å². The number of thiophene rings is 1. The molecule has 13 heavy (non-hydrogen) atoms. The molecule has 0 aliphatic rings. The molecule has 2 aromatic heterocycles. The van der Waals surface area contributed by atoms with Gasteiger partial charge in [-0.1, -0.05) is 0 Å². The Morgan fingerprint density at radius 1 is 1.62 bits per heavy atom. The van der Waals surface area contributed by atoms with Crippen molar-refractivity contribution in [2.24, 2.45) is 0 Å². The lowest BCUT2D eigenvalue weighted by Crippen LogP contribution is -1.83. The number of nitrogen functional groups attached to an aromatic ring is 1. The maximum Gasteiger partial charge on any atom is 0.230 e. The molecule has 2 heterocycles. The summed E-state index contributed by atoms with van der Waals surface area (Å²) in [6.07, 6.45) is 0. The number of hydrogen-bond acceptors (Lipinski definition) is 5. The summed E-state index contributed by atoms with van der Waals surface area (Å²) in [6, 6.07) is 3.71. The number of nitrogens with zero attached hydrogens (tertiary/aromatic N) is 2. The lowest BCUT2D eigenvalue weighted by molar-refractivity contribution is 0.594. The van der Waals surface area contributed by atoms with Crippen molar-refractivity contribution < 1.29 is 4.42 Å². The predicted molar refractivity (Wildman–Crippen MR) is 48.9 cm³/mol. The third-order valence-corrected chi connectivity index (χ3v) is 2.21. The van der Waals surface area contributed by atoms with Gasteiger partial charge in [0.15, 0.2) is 0 Å². The Hall–Kier alpha value is -1.80. The van der Waals surface area contributed by atoms with Crippen molar-refractivity contribution in [2.45, 2.75) is 0 Å². The zero-order valence-corrected chi connectivity index (χ0v) is 7.34. The zero-order chi connectivity index (χ0) is 9.26. The van der Waals surface area contributed by atoms with E-state index in [9.17, 15) is 0 Å². The number of oxazole rings is 1. The molecule has 0 radical (unpaired) electrons. The minimum absolute atomic E-state index is 0.0729. The molecular formula is C8H5N3OS. The molecule has 0 saturated carbocycles. The second kappa shape index (κ2) is 2.92. The van der Waals surface area contributed by atoms with Gasteiger partial charge in [-0.15, -0.1) is 0 Å². The molecule has 0 atom stereocenters. The monoisotopic (exact) mass is 191 g/mol. The fourth-order valence-electron chi connectivity index (χ4n) is 0.922. The summed E-state index contributed by atoms with van der Waals surface area (Å²) in [5.41, 5.74) is 6.40. The highest BCUT2D eigenvalue weighted by Gasteiger charge is 2.11. The maximum atomic E-state index is 8.58. The van der Waals surface area contributed by atoms with Crippen LogP contribution >= 0.6 is 11.3 Å². The van der Waals surface area contributed by atoms with Gasteiger partial charge in [0.25, 0.3) is 0 Å². The molecule has 0 saturated heterocycles. The van der Waals surface area contributed by atoms with E-state index in [-0.39, 0.29) is 11.6 Å². The van der Waals surface area contributed by atoms with Crippen molar-refractivity contribution in [2.75, 3.05) is 5.73 Å². The molecule has 2 N–H and O–H groups in total. The second-order valence-electron chi connectivity index (χ2n) is 2.36. The summed E-state index contributed by atoms with van der Waals surface area (Å²) in [4.78, 5) is 3.92. The van der Waals surface area contributed by atoms with E-state index in [4.69, 9.17) is 15.4 Å². The van der Waals surface area contributed by atoms with E-state index in [0.717, 1.165) is 5.56 Å². The van der Waals surface area contributed by atoms with E-state index in [1.807, 2.05) is 22.9 Å². The van der Waals surface area contributed by atoms with E-state index in [2.05, 4.69) is 4.98 Å². The number of aromatic nitrogens is 1. The molecule has 0 fully saturated rings. The third-order valence-electron chi connectivity index (χ3n) is 1.53. The average molecular weight is 191 g/mol. The smallest absolute Gasteiger partial charge is 0.230 e. The maximum absolute atomic E-state index is 8.58. The fourth-order valence-corrected chi connectivity index (χ4v) is 1.55. The van der Waals surface area contributed by atoms with E-state index in [1.165, 1.54) is 11.3 Å². The number of rotatable bonds is 1. The van der Waals surface area contributed by atoms with Gasteiger partial charge in [-0.2, -0.15) is 21.6 Å². The Balaban J connectivity index is 2.50. The Labute approximate surface area is 78.2 Å². The molecule has 64 valence electrons. The Morgan fingerprint density at radius 2 is 2.46 bits per heavy atom. The highest BCUT2D eigenvalue weighted by Crippen LogP contribution is 2.24. The van der Waals surface area contributed by atoms with Crippen molar-refractivity contribution >= 4 is 17.2 Å². The fraction of sp³-hybridized carbons (Fsp3) is 0. The van der Waals surface area contributed by atoms with Crippen molar-refractivity contribution in [3.8, 4) is 17.5 Å². The van der Waals surface area contributed by atoms with Gasteiger partial charge in [-0.05, 0) is 11.4 Å². The summed E-state index contributed by atoms with van der Waals surface area (Å²) < 4.78 is 5.10. The topological polar surface area (TPSA) is 75.8 Å². The molecule has 0 bridgehead atoms. The van der Waals surface area contributed by atoms with Crippen LogP contribution in [0.25, 0.3) is 11.5 Å². The number of anilines is 1. The van der Waals surface area contributed by atoms with Crippen molar-refractivity contribution in [3.05, 3.63) is 22.5 Å². The number of hydrogen-bond donors (Lipinski definition) is 1. The Morgan fingerprint density at radius 3 is 3.00 bits per heavy atom. The van der Waals surface area contributed by atoms with Crippen LogP contribution in [-0.4, -0.2) is 4.98 Å². The molecule has 0 aliphatic carbocycles. The summed E-state index contributed by atoms with van der Waals surface area (Å²) in [6.45, 7) is 0. The largest absolute Gasteiger partial charge is 0.419 e. The SMILES string of the molecule is N#Cc1nc(-c2ccsc2)oc1N. The van der Waals surface area contributed by atoms with Crippen LogP contribution in [0.2, 0.25) is 0 Å². The molecule has 2 rings (SSSR count). The van der Waals surface area contributed by atoms with Crippen LogP contribution < -0.4 is 5.73 Å². The summed E-state index contributed by atoms with van der Waals surface area (Å²) in [7, 11) is 0. The number of nitrogens with two attached hydrogens (primary N) is 1. The Bertz CT molecular complexity index is 452. The van der Waals surface area contributed by atoms with Crippen LogP contribution in [0.5, 0.6) is 0 Å². The molecule has 0 amide bonds. The molecular weight excluding hydrogens is 186 g/mol. The second-order valence-corrected chi connectivity index (χ2v) is 3.14. The van der Waals surface area contributed by atoms with Crippen molar-refractivity contribution in [1.82, 2.24) is 4.98 Å². The lowest BCUT2D eigenvalue weighted by Gasteiger charge is -1.84.